The Labute approximate surface area is 162 Å². The third-order valence-corrected chi connectivity index (χ3v) is 4.92. The van der Waals surface area contributed by atoms with E-state index in [0.29, 0.717) is 24.3 Å². The number of benzene rings is 1. The van der Waals surface area contributed by atoms with E-state index in [-0.39, 0.29) is 11.8 Å². The lowest BCUT2D eigenvalue weighted by molar-refractivity contribution is -0.137. The molecule has 3 rings (SSSR count). The summed E-state index contributed by atoms with van der Waals surface area (Å²) in [6, 6.07) is 5.12. The van der Waals surface area contributed by atoms with E-state index in [1.165, 1.54) is 12.3 Å². The number of hydrogen-bond donors (Lipinski definition) is 0. The van der Waals surface area contributed by atoms with E-state index < -0.39 is 11.7 Å². The van der Waals surface area contributed by atoms with Crippen LogP contribution >= 0.6 is 0 Å². The van der Waals surface area contributed by atoms with Crippen molar-refractivity contribution in [1.29, 1.82) is 0 Å². The van der Waals surface area contributed by atoms with E-state index in [9.17, 15) is 18.0 Å². The molecule has 1 amide bonds. The molecule has 1 saturated heterocycles. The molecule has 0 spiro atoms. The summed E-state index contributed by atoms with van der Waals surface area (Å²) in [5.41, 5.74) is 0.852. The highest BCUT2D eigenvalue weighted by Gasteiger charge is 2.30. The van der Waals surface area contributed by atoms with Crippen molar-refractivity contribution < 1.29 is 18.0 Å². The first kappa shape index (κ1) is 20.3. The van der Waals surface area contributed by atoms with Crippen LogP contribution in [-0.2, 0) is 11.0 Å². The van der Waals surface area contributed by atoms with Crippen LogP contribution in [-0.4, -0.2) is 59.4 Å². The fraction of sp³-hybridized carbons (Fsp3) is 0.450. The van der Waals surface area contributed by atoms with Crippen molar-refractivity contribution in [2.24, 2.45) is 0 Å². The maximum Gasteiger partial charge on any atom is 0.416 e. The summed E-state index contributed by atoms with van der Waals surface area (Å²) >= 11 is 0. The third kappa shape index (κ3) is 4.86. The standard InChI is InChI=1S/C20H23F3N4O/c1-26(2)19(28)13-27-8-4-6-15(12-27)18-11-24-10-17(25-18)14-5-3-7-16(9-14)20(21,22)23/h3,5,7,9-11,15H,4,6,8,12-13H2,1-2H3. The molecule has 0 N–H and O–H groups in total. The molecule has 1 aliphatic heterocycles. The number of piperidine rings is 1. The molecule has 1 unspecified atom stereocenters. The van der Waals surface area contributed by atoms with Gasteiger partial charge in [0.2, 0.25) is 5.91 Å². The molecule has 1 aromatic carbocycles. The molecule has 1 fully saturated rings. The maximum absolute atomic E-state index is 13.0. The smallest absolute Gasteiger partial charge is 0.348 e. The van der Waals surface area contributed by atoms with Gasteiger partial charge in [0.25, 0.3) is 0 Å². The molecule has 0 saturated carbocycles. The van der Waals surface area contributed by atoms with E-state index >= 15 is 0 Å². The Morgan fingerprint density at radius 3 is 2.79 bits per heavy atom. The second-order valence-electron chi connectivity index (χ2n) is 7.27. The lowest BCUT2D eigenvalue weighted by Gasteiger charge is -2.32. The van der Waals surface area contributed by atoms with E-state index in [2.05, 4.69) is 14.9 Å². The van der Waals surface area contributed by atoms with Gasteiger partial charge in [-0.05, 0) is 31.5 Å². The maximum atomic E-state index is 13.0. The molecule has 5 nitrogen and oxygen atoms in total. The first-order chi connectivity index (χ1) is 13.2. The quantitative estimate of drug-likeness (QED) is 0.800. The molecule has 1 aromatic heterocycles. The lowest BCUT2D eigenvalue weighted by Crippen LogP contribution is -2.41. The average molecular weight is 392 g/mol. The number of aromatic nitrogens is 2. The topological polar surface area (TPSA) is 49.3 Å². The Hall–Kier alpha value is -2.48. The molecular formula is C20H23F3N4O. The summed E-state index contributed by atoms with van der Waals surface area (Å²) in [6.45, 7) is 1.88. The van der Waals surface area contributed by atoms with Crippen molar-refractivity contribution in [1.82, 2.24) is 19.8 Å². The predicted octanol–water partition coefficient (Wildman–Crippen LogP) is 3.43. The van der Waals surface area contributed by atoms with Crippen LogP contribution in [0.4, 0.5) is 13.2 Å². The van der Waals surface area contributed by atoms with Crippen molar-refractivity contribution in [3.8, 4) is 11.3 Å². The Kier molecular flexibility index (Phi) is 5.98. The lowest BCUT2D eigenvalue weighted by atomic mass is 9.94. The highest BCUT2D eigenvalue weighted by atomic mass is 19.4. The zero-order valence-corrected chi connectivity index (χ0v) is 15.9. The van der Waals surface area contributed by atoms with Crippen molar-refractivity contribution in [2.45, 2.75) is 24.9 Å². The van der Waals surface area contributed by atoms with Crippen LogP contribution in [0.1, 0.15) is 30.0 Å². The normalized spacial score (nSPS) is 18.1. The molecule has 0 bridgehead atoms. The molecule has 150 valence electrons. The molecule has 1 aliphatic rings. The number of rotatable bonds is 4. The van der Waals surface area contributed by atoms with Crippen LogP contribution in [0.3, 0.4) is 0 Å². The first-order valence-corrected chi connectivity index (χ1v) is 9.16. The third-order valence-electron chi connectivity index (χ3n) is 4.92. The first-order valence-electron chi connectivity index (χ1n) is 9.16. The summed E-state index contributed by atoms with van der Waals surface area (Å²) in [6.07, 6.45) is 0.590. The van der Waals surface area contributed by atoms with Gasteiger partial charge in [0, 0.05) is 38.3 Å². The van der Waals surface area contributed by atoms with E-state index in [1.807, 2.05) is 0 Å². The number of nitrogens with zero attached hydrogens (tertiary/aromatic N) is 4. The van der Waals surface area contributed by atoms with Gasteiger partial charge in [-0.15, -0.1) is 0 Å². The van der Waals surface area contributed by atoms with Gasteiger partial charge in [0.15, 0.2) is 0 Å². The van der Waals surface area contributed by atoms with Gasteiger partial charge in [-0.25, -0.2) is 4.98 Å². The molecule has 0 aliphatic carbocycles. The van der Waals surface area contributed by atoms with Gasteiger partial charge in [-0.3, -0.25) is 14.7 Å². The number of likely N-dealkylation sites (tertiary alicyclic amines) is 1. The molecule has 8 heteroatoms. The molecule has 2 aromatic rings. The summed E-state index contributed by atoms with van der Waals surface area (Å²) in [5, 5.41) is 0. The fourth-order valence-electron chi connectivity index (χ4n) is 3.34. The summed E-state index contributed by atoms with van der Waals surface area (Å²) in [4.78, 5) is 24.4. The number of hydrogen-bond acceptors (Lipinski definition) is 4. The monoisotopic (exact) mass is 392 g/mol. The summed E-state index contributed by atoms with van der Waals surface area (Å²) in [5.74, 6) is 0.145. The SMILES string of the molecule is CN(C)C(=O)CN1CCCC(c2cncc(-c3cccc(C(F)(F)F)c3)n2)C1. The van der Waals surface area contributed by atoms with Gasteiger partial charge in [-0.2, -0.15) is 13.2 Å². The van der Waals surface area contributed by atoms with Crippen molar-refractivity contribution >= 4 is 5.91 Å². The van der Waals surface area contributed by atoms with Crippen LogP contribution in [0.25, 0.3) is 11.3 Å². The minimum atomic E-state index is -4.40. The van der Waals surface area contributed by atoms with Gasteiger partial charge in [0.1, 0.15) is 0 Å². The number of carbonyl (C=O) groups is 1. The van der Waals surface area contributed by atoms with E-state index in [0.717, 1.165) is 37.2 Å². The van der Waals surface area contributed by atoms with E-state index in [1.54, 1.807) is 31.3 Å². The zero-order valence-electron chi connectivity index (χ0n) is 15.9. The predicted molar refractivity (Wildman–Crippen MR) is 99.6 cm³/mol. The number of carbonyl (C=O) groups excluding carboxylic acids is 1. The molecule has 1 atom stereocenters. The van der Waals surface area contributed by atoms with Crippen LogP contribution < -0.4 is 0 Å². The van der Waals surface area contributed by atoms with Gasteiger partial charge in [0.05, 0.1) is 29.7 Å². The second-order valence-corrected chi connectivity index (χ2v) is 7.27. The molecule has 2 heterocycles. The number of amides is 1. The average Bonchev–Trinajstić information content (AvgIpc) is 2.67. The summed E-state index contributed by atoms with van der Waals surface area (Å²) in [7, 11) is 3.46. The zero-order chi connectivity index (χ0) is 20.3. The van der Waals surface area contributed by atoms with Crippen molar-refractivity contribution in [3.63, 3.8) is 0 Å². The molecule has 28 heavy (non-hydrogen) atoms. The molecule has 0 radical (unpaired) electrons. The van der Waals surface area contributed by atoms with Crippen LogP contribution in [0.2, 0.25) is 0 Å². The highest BCUT2D eigenvalue weighted by Crippen LogP contribution is 2.32. The number of likely N-dealkylation sites (N-methyl/N-ethyl adjacent to an activating group) is 1. The van der Waals surface area contributed by atoms with Crippen molar-refractivity contribution in [3.05, 3.63) is 47.9 Å². The minimum absolute atomic E-state index is 0.0458. The van der Waals surface area contributed by atoms with Crippen LogP contribution in [0.15, 0.2) is 36.7 Å². The molecular weight excluding hydrogens is 369 g/mol. The fourth-order valence-corrected chi connectivity index (χ4v) is 3.34. The Bertz CT molecular complexity index is 838. The number of alkyl halides is 3. The summed E-state index contributed by atoms with van der Waals surface area (Å²) < 4.78 is 39.0. The van der Waals surface area contributed by atoms with Crippen molar-refractivity contribution in [2.75, 3.05) is 33.7 Å². The van der Waals surface area contributed by atoms with Crippen LogP contribution in [0.5, 0.6) is 0 Å². The minimum Gasteiger partial charge on any atom is -0.348 e. The van der Waals surface area contributed by atoms with E-state index in [4.69, 9.17) is 0 Å². The second kappa shape index (κ2) is 8.26. The Morgan fingerprint density at radius 2 is 2.07 bits per heavy atom. The Balaban J connectivity index is 1.79. The Morgan fingerprint density at radius 1 is 1.29 bits per heavy atom. The largest absolute Gasteiger partial charge is 0.416 e. The number of halogens is 3. The van der Waals surface area contributed by atoms with Gasteiger partial charge < -0.3 is 4.90 Å². The van der Waals surface area contributed by atoms with Crippen LogP contribution in [0, 0.1) is 0 Å². The highest BCUT2D eigenvalue weighted by molar-refractivity contribution is 5.77. The van der Waals surface area contributed by atoms with Gasteiger partial charge in [-0.1, -0.05) is 12.1 Å². The van der Waals surface area contributed by atoms with Gasteiger partial charge >= 0.3 is 6.18 Å².